The third-order valence-electron chi connectivity index (χ3n) is 5.77. The van der Waals surface area contributed by atoms with Gasteiger partial charge < -0.3 is 19.3 Å². The highest BCUT2D eigenvalue weighted by molar-refractivity contribution is 8.00. The number of amides is 1. The number of carbonyl (C=O) groups excluding carboxylic acids is 1. The van der Waals surface area contributed by atoms with Crippen LogP contribution in [0.15, 0.2) is 47.9 Å². The zero-order valence-corrected chi connectivity index (χ0v) is 16.2. The number of fused-ring (bicyclic) bond motifs is 1. The molecule has 1 aromatic heterocycles. The van der Waals surface area contributed by atoms with Crippen molar-refractivity contribution in [3.05, 3.63) is 43.0 Å². The molecular formula is C20H25N3O3S. The number of hydrogen-bond acceptors (Lipinski definition) is 5. The Hall–Kier alpha value is -1.99. The van der Waals surface area contributed by atoms with Gasteiger partial charge in [-0.1, -0.05) is 6.07 Å². The minimum absolute atomic E-state index is 0.0648. The van der Waals surface area contributed by atoms with Crippen LogP contribution < -0.4 is 4.74 Å². The Balaban J connectivity index is 1.34. The van der Waals surface area contributed by atoms with Gasteiger partial charge in [0.1, 0.15) is 5.75 Å². The predicted octanol–water partition coefficient (Wildman–Crippen LogP) is 2.45. The summed E-state index contributed by atoms with van der Waals surface area (Å²) >= 11 is 1.54. The lowest BCUT2D eigenvalue weighted by molar-refractivity contribution is -0.127. The van der Waals surface area contributed by atoms with Crippen molar-refractivity contribution in [1.29, 1.82) is 0 Å². The molecule has 1 aliphatic carbocycles. The van der Waals surface area contributed by atoms with Gasteiger partial charge in [-0.15, -0.1) is 11.8 Å². The van der Waals surface area contributed by atoms with E-state index in [9.17, 15) is 9.90 Å². The van der Waals surface area contributed by atoms with Crippen LogP contribution in [0.2, 0.25) is 0 Å². The van der Waals surface area contributed by atoms with Crippen molar-refractivity contribution >= 4 is 17.7 Å². The summed E-state index contributed by atoms with van der Waals surface area (Å²) in [5, 5.41) is 10.5. The lowest BCUT2D eigenvalue weighted by Crippen LogP contribution is -2.35. The minimum Gasteiger partial charge on any atom is -0.497 e. The fourth-order valence-corrected chi connectivity index (χ4v) is 5.17. The number of aromatic nitrogens is 2. The molecule has 2 aliphatic rings. The van der Waals surface area contributed by atoms with E-state index in [0.29, 0.717) is 17.6 Å². The summed E-state index contributed by atoms with van der Waals surface area (Å²) in [6.07, 6.45) is 6.71. The van der Waals surface area contributed by atoms with Crippen LogP contribution in [0.4, 0.5) is 0 Å². The number of benzene rings is 1. The van der Waals surface area contributed by atoms with Gasteiger partial charge in [0.2, 0.25) is 5.91 Å². The number of carbonyl (C=O) groups is 1. The Morgan fingerprint density at radius 3 is 2.89 bits per heavy atom. The molecule has 1 aliphatic heterocycles. The van der Waals surface area contributed by atoms with E-state index in [2.05, 4.69) is 4.98 Å². The highest BCUT2D eigenvalue weighted by Crippen LogP contribution is 2.41. The van der Waals surface area contributed by atoms with Crippen molar-refractivity contribution < 1.29 is 14.6 Å². The summed E-state index contributed by atoms with van der Waals surface area (Å²) in [5.41, 5.74) is 0. The van der Waals surface area contributed by atoms with E-state index in [0.717, 1.165) is 36.6 Å². The Morgan fingerprint density at radius 1 is 1.33 bits per heavy atom. The highest BCUT2D eigenvalue weighted by Gasteiger charge is 2.43. The Labute approximate surface area is 163 Å². The zero-order valence-electron chi connectivity index (χ0n) is 15.4. The first-order valence-electron chi connectivity index (χ1n) is 9.34. The number of aliphatic hydroxyl groups is 1. The molecule has 6 nitrogen and oxygen atoms in total. The predicted molar refractivity (Wildman–Crippen MR) is 104 cm³/mol. The van der Waals surface area contributed by atoms with Gasteiger partial charge in [0.15, 0.2) is 0 Å². The normalized spacial score (nSPS) is 27.4. The van der Waals surface area contributed by atoms with Crippen LogP contribution in [-0.2, 0) is 4.79 Å². The molecule has 1 N–H and O–H groups in total. The van der Waals surface area contributed by atoms with Gasteiger partial charge in [-0.3, -0.25) is 4.79 Å². The van der Waals surface area contributed by atoms with E-state index in [1.807, 2.05) is 39.9 Å². The lowest BCUT2D eigenvalue weighted by atomic mass is 9.77. The van der Waals surface area contributed by atoms with E-state index in [-0.39, 0.29) is 18.1 Å². The minimum atomic E-state index is -0.373. The number of hydrogen-bond donors (Lipinski definition) is 1. The second-order valence-corrected chi connectivity index (χ2v) is 8.45. The van der Waals surface area contributed by atoms with Crippen LogP contribution in [0.3, 0.4) is 0 Å². The number of likely N-dealkylation sites (tertiary alicyclic amines) is 1. The van der Waals surface area contributed by atoms with E-state index in [4.69, 9.17) is 4.74 Å². The molecule has 7 heteroatoms. The average Bonchev–Trinajstić information content (AvgIpc) is 3.35. The summed E-state index contributed by atoms with van der Waals surface area (Å²) < 4.78 is 7.24. The zero-order chi connectivity index (χ0) is 18.8. The molecular weight excluding hydrogens is 362 g/mol. The van der Waals surface area contributed by atoms with Crippen molar-refractivity contribution in [2.45, 2.75) is 29.9 Å². The number of imidazole rings is 1. The standard InChI is InChI=1S/C20H25N3O3S/c1-26-16-3-2-4-17(9-16)27-12-20(25)23-10-14-7-18(22-6-5-21-13-22)19(24)8-15(14)11-23/h2-6,9,13-15,18-19,24H,7-8,10-12H2,1H3/t14-,15+,18-,19-/m1/s1. The van der Waals surface area contributed by atoms with Crippen molar-refractivity contribution in [2.75, 3.05) is 26.0 Å². The Bertz CT molecular complexity index is 783. The van der Waals surface area contributed by atoms with Crippen LogP contribution in [0, 0.1) is 11.8 Å². The number of methoxy groups -OCH3 is 1. The number of aliphatic hydroxyl groups excluding tert-OH is 1. The van der Waals surface area contributed by atoms with Crippen molar-refractivity contribution in [3.63, 3.8) is 0 Å². The molecule has 0 spiro atoms. The molecule has 0 radical (unpaired) electrons. The van der Waals surface area contributed by atoms with E-state index < -0.39 is 0 Å². The first-order chi connectivity index (χ1) is 13.1. The number of nitrogens with zero attached hydrogens (tertiary/aromatic N) is 3. The SMILES string of the molecule is COc1cccc(SCC(=O)N2C[C@H]3C[C@@H](n4ccnc4)[C@H](O)C[C@H]3C2)c1. The third kappa shape index (κ3) is 3.99. The molecule has 2 fully saturated rings. The van der Waals surface area contributed by atoms with Gasteiger partial charge in [-0.2, -0.15) is 0 Å². The molecule has 27 heavy (non-hydrogen) atoms. The molecule has 1 saturated carbocycles. The van der Waals surface area contributed by atoms with Crippen LogP contribution in [0.5, 0.6) is 5.75 Å². The van der Waals surface area contributed by atoms with Crippen molar-refractivity contribution in [2.24, 2.45) is 11.8 Å². The first-order valence-corrected chi connectivity index (χ1v) is 10.3. The van der Waals surface area contributed by atoms with E-state index in [1.54, 1.807) is 31.4 Å². The summed E-state index contributed by atoms with van der Waals surface area (Å²) in [7, 11) is 1.65. The molecule has 4 rings (SSSR count). The topological polar surface area (TPSA) is 67.6 Å². The summed E-state index contributed by atoms with van der Waals surface area (Å²) in [6, 6.07) is 7.85. The largest absolute Gasteiger partial charge is 0.497 e. The maximum Gasteiger partial charge on any atom is 0.232 e. The fourth-order valence-electron chi connectivity index (χ4n) is 4.32. The average molecular weight is 388 g/mol. The maximum atomic E-state index is 12.7. The van der Waals surface area contributed by atoms with Crippen LogP contribution in [0.1, 0.15) is 18.9 Å². The highest BCUT2D eigenvalue weighted by atomic mass is 32.2. The summed E-state index contributed by atoms with van der Waals surface area (Å²) in [5.74, 6) is 2.25. The van der Waals surface area contributed by atoms with Crippen LogP contribution >= 0.6 is 11.8 Å². The van der Waals surface area contributed by atoms with Gasteiger partial charge >= 0.3 is 0 Å². The quantitative estimate of drug-likeness (QED) is 0.799. The molecule has 0 bridgehead atoms. The molecule has 2 aromatic rings. The summed E-state index contributed by atoms with van der Waals surface area (Å²) in [6.45, 7) is 1.55. The van der Waals surface area contributed by atoms with Gasteiger partial charge in [-0.25, -0.2) is 4.98 Å². The Morgan fingerprint density at radius 2 is 2.15 bits per heavy atom. The van der Waals surface area contributed by atoms with Crippen LogP contribution in [0.25, 0.3) is 0 Å². The molecule has 144 valence electrons. The molecule has 0 unspecified atom stereocenters. The number of thioether (sulfide) groups is 1. The lowest BCUT2D eigenvalue weighted by Gasteiger charge is -2.35. The van der Waals surface area contributed by atoms with Gasteiger partial charge in [0, 0.05) is 30.4 Å². The maximum absolute atomic E-state index is 12.7. The number of ether oxygens (including phenoxy) is 1. The smallest absolute Gasteiger partial charge is 0.232 e. The van der Waals surface area contributed by atoms with Crippen molar-refractivity contribution in [1.82, 2.24) is 14.5 Å². The van der Waals surface area contributed by atoms with E-state index in [1.165, 1.54) is 0 Å². The first kappa shape index (κ1) is 18.4. The monoisotopic (exact) mass is 387 g/mol. The molecule has 4 atom stereocenters. The second kappa shape index (κ2) is 7.94. The molecule has 1 saturated heterocycles. The summed E-state index contributed by atoms with van der Waals surface area (Å²) in [4.78, 5) is 19.8. The molecule has 1 amide bonds. The van der Waals surface area contributed by atoms with Crippen molar-refractivity contribution in [3.8, 4) is 5.75 Å². The fraction of sp³-hybridized carbons (Fsp3) is 0.500. The van der Waals surface area contributed by atoms with Gasteiger partial charge in [-0.05, 0) is 42.9 Å². The van der Waals surface area contributed by atoms with Gasteiger partial charge in [0.05, 0.1) is 31.3 Å². The van der Waals surface area contributed by atoms with Crippen LogP contribution in [-0.4, -0.2) is 57.5 Å². The van der Waals surface area contributed by atoms with E-state index >= 15 is 0 Å². The second-order valence-electron chi connectivity index (χ2n) is 7.40. The van der Waals surface area contributed by atoms with Gasteiger partial charge in [0.25, 0.3) is 0 Å². The Kier molecular flexibility index (Phi) is 5.41. The molecule has 2 heterocycles. The number of rotatable bonds is 5. The third-order valence-corrected chi connectivity index (χ3v) is 6.75. The molecule has 1 aromatic carbocycles.